The van der Waals surface area contributed by atoms with Crippen LogP contribution in [-0.4, -0.2) is 30.2 Å². The fraction of sp³-hybridized carbons (Fsp3) is 0.357. The van der Waals surface area contributed by atoms with Gasteiger partial charge in [0.05, 0.1) is 5.71 Å². The van der Waals surface area contributed by atoms with Crippen LogP contribution in [0.1, 0.15) is 26.3 Å². The first-order chi connectivity index (χ1) is 10.3. The van der Waals surface area contributed by atoms with Gasteiger partial charge in [0.15, 0.2) is 0 Å². The third-order valence-corrected chi connectivity index (χ3v) is 2.45. The fourth-order valence-electron chi connectivity index (χ4n) is 1.46. The van der Waals surface area contributed by atoms with Crippen LogP contribution >= 0.6 is 0 Å². The smallest absolute Gasteiger partial charge is 0.387 e. The van der Waals surface area contributed by atoms with Crippen LogP contribution in [0.25, 0.3) is 0 Å². The van der Waals surface area contributed by atoms with Crippen LogP contribution in [0.5, 0.6) is 5.75 Å². The second-order valence-electron chi connectivity index (χ2n) is 4.67. The number of carbonyl (C=O) groups excluding carboxylic acids is 2. The largest absolute Gasteiger partial charge is 0.435 e. The van der Waals surface area contributed by atoms with E-state index in [0.29, 0.717) is 11.3 Å². The van der Waals surface area contributed by atoms with Crippen LogP contribution < -0.4 is 15.5 Å². The summed E-state index contributed by atoms with van der Waals surface area (Å²) in [4.78, 5) is 22.8. The molecule has 6 nitrogen and oxygen atoms in total. The van der Waals surface area contributed by atoms with E-state index in [1.165, 1.54) is 24.3 Å². The van der Waals surface area contributed by atoms with E-state index in [1.54, 1.807) is 20.8 Å². The standard InChI is InChI=1S/C14H17F2N3O3/c1-8(2)17-12(20)13(21)19-18-9(3)10-4-6-11(7-5-10)22-14(15)16/h4-8,14H,1-3H3,(H,17,20)(H,19,21)/b18-9-. The average Bonchev–Trinajstić information content (AvgIpc) is 2.43. The molecule has 2 N–H and O–H groups in total. The maximum Gasteiger partial charge on any atom is 0.387 e. The monoisotopic (exact) mass is 313 g/mol. The minimum Gasteiger partial charge on any atom is -0.435 e. The molecule has 0 aliphatic heterocycles. The molecular formula is C14H17F2N3O3. The Morgan fingerprint density at radius 1 is 1.14 bits per heavy atom. The molecule has 1 aromatic rings. The number of rotatable bonds is 5. The van der Waals surface area contributed by atoms with Gasteiger partial charge in [-0.3, -0.25) is 9.59 Å². The van der Waals surface area contributed by atoms with Crippen LogP contribution in [0.4, 0.5) is 8.78 Å². The molecule has 22 heavy (non-hydrogen) atoms. The SMILES string of the molecule is C/C(=N/NC(=O)C(=O)NC(C)C)c1ccc(OC(F)F)cc1. The molecule has 0 bridgehead atoms. The lowest BCUT2D eigenvalue weighted by Crippen LogP contribution is -2.41. The third kappa shape index (κ3) is 5.86. The van der Waals surface area contributed by atoms with Crippen LogP contribution in [0.3, 0.4) is 0 Å². The van der Waals surface area contributed by atoms with E-state index in [9.17, 15) is 18.4 Å². The highest BCUT2D eigenvalue weighted by molar-refractivity contribution is 6.35. The van der Waals surface area contributed by atoms with Crippen LogP contribution in [0.15, 0.2) is 29.4 Å². The van der Waals surface area contributed by atoms with Crippen molar-refractivity contribution < 1.29 is 23.1 Å². The van der Waals surface area contributed by atoms with Crippen molar-refractivity contribution in [2.75, 3.05) is 0 Å². The van der Waals surface area contributed by atoms with E-state index in [-0.39, 0.29) is 11.8 Å². The predicted molar refractivity (Wildman–Crippen MR) is 76.7 cm³/mol. The molecule has 0 radical (unpaired) electrons. The van der Waals surface area contributed by atoms with Crippen LogP contribution in [0.2, 0.25) is 0 Å². The summed E-state index contributed by atoms with van der Waals surface area (Å²) in [6.45, 7) is 2.16. The highest BCUT2D eigenvalue weighted by Crippen LogP contribution is 2.15. The summed E-state index contributed by atoms with van der Waals surface area (Å²) in [5.74, 6) is -1.65. The maximum atomic E-state index is 12.0. The van der Waals surface area contributed by atoms with Crippen molar-refractivity contribution in [3.63, 3.8) is 0 Å². The second kappa shape index (κ2) is 8.06. The number of amides is 2. The molecule has 8 heteroatoms. The minimum atomic E-state index is -2.89. The molecule has 1 aromatic carbocycles. The summed E-state index contributed by atoms with van der Waals surface area (Å²) in [7, 11) is 0. The number of hydrogen-bond acceptors (Lipinski definition) is 4. The van der Waals surface area contributed by atoms with Gasteiger partial charge < -0.3 is 10.1 Å². The zero-order valence-corrected chi connectivity index (χ0v) is 12.4. The second-order valence-corrected chi connectivity index (χ2v) is 4.67. The number of carbonyl (C=O) groups is 2. The summed E-state index contributed by atoms with van der Waals surface area (Å²) >= 11 is 0. The number of hydrazone groups is 1. The van der Waals surface area contributed by atoms with Crippen molar-refractivity contribution in [1.29, 1.82) is 0 Å². The molecule has 0 atom stereocenters. The zero-order chi connectivity index (χ0) is 16.7. The number of alkyl halides is 2. The molecule has 1 rings (SSSR count). The van der Waals surface area contributed by atoms with Crippen molar-refractivity contribution in [3.05, 3.63) is 29.8 Å². The Morgan fingerprint density at radius 2 is 1.73 bits per heavy atom. The Balaban J connectivity index is 2.65. The molecule has 0 spiro atoms. The fourth-order valence-corrected chi connectivity index (χ4v) is 1.46. The van der Waals surface area contributed by atoms with Crippen molar-refractivity contribution in [1.82, 2.24) is 10.7 Å². The summed E-state index contributed by atoms with van der Waals surface area (Å²) in [5, 5.41) is 6.20. The quantitative estimate of drug-likeness (QED) is 0.493. The van der Waals surface area contributed by atoms with Crippen molar-refractivity contribution in [2.45, 2.75) is 33.4 Å². The number of nitrogens with one attached hydrogen (secondary N) is 2. The van der Waals surface area contributed by atoms with E-state index in [0.717, 1.165) is 0 Å². The predicted octanol–water partition coefficient (Wildman–Crippen LogP) is 1.65. The van der Waals surface area contributed by atoms with Gasteiger partial charge >= 0.3 is 18.4 Å². The van der Waals surface area contributed by atoms with Crippen molar-refractivity contribution >= 4 is 17.5 Å². The summed E-state index contributed by atoms with van der Waals surface area (Å²) in [6, 6.07) is 5.57. The van der Waals surface area contributed by atoms with Gasteiger partial charge in [-0.25, -0.2) is 5.43 Å². The number of benzene rings is 1. The lowest BCUT2D eigenvalue weighted by molar-refractivity contribution is -0.139. The van der Waals surface area contributed by atoms with Crippen LogP contribution in [0, 0.1) is 0 Å². The molecule has 0 aliphatic carbocycles. The van der Waals surface area contributed by atoms with Gasteiger partial charge in [0, 0.05) is 6.04 Å². The first-order valence-electron chi connectivity index (χ1n) is 6.50. The van der Waals surface area contributed by atoms with Gasteiger partial charge in [0.2, 0.25) is 0 Å². The van der Waals surface area contributed by atoms with Gasteiger partial charge in [-0.15, -0.1) is 0 Å². The first-order valence-corrected chi connectivity index (χ1v) is 6.50. The number of hydrogen-bond donors (Lipinski definition) is 2. The number of ether oxygens (including phenoxy) is 1. The molecule has 2 amide bonds. The number of nitrogens with zero attached hydrogens (tertiary/aromatic N) is 1. The molecule has 0 unspecified atom stereocenters. The lowest BCUT2D eigenvalue weighted by atomic mass is 10.1. The summed E-state index contributed by atoms with van der Waals surface area (Å²) in [5.41, 5.74) is 3.12. The Labute approximate surface area is 126 Å². The summed E-state index contributed by atoms with van der Waals surface area (Å²) in [6.07, 6.45) is 0. The number of halogens is 2. The van der Waals surface area contributed by atoms with Gasteiger partial charge in [-0.1, -0.05) is 0 Å². The van der Waals surface area contributed by atoms with Gasteiger partial charge in [0.1, 0.15) is 5.75 Å². The van der Waals surface area contributed by atoms with E-state index >= 15 is 0 Å². The Hall–Kier alpha value is -2.51. The third-order valence-electron chi connectivity index (χ3n) is 2.45. The maximum absolute atomic E-state index is 12.0. The lowest BCUT2D eigenvalue weighted by Gasteiger charge is -2.07. The molecule has 0 saturated heterocycles. The van der Waals surface area contributed by atoms with Gasteiger partial charge in [-0.05, 0) is 50.6 Å². The topological polar surface area (TPSA) is 79.8 Å². The van der Waals surface area contributed by atoms with Crippen LogP contribution in [-0.2, 0) is 9.59 Å². The Morgan fingerprint density at radius 3 is 2.23 bits per heavy atom. The Kier molecular flexibility index (Phi) is 6.43. The molecule has 0 heterocycles. The average molecular weight is 313 g/mol. The molecular weight excluding hydrogens is 296 g/mol. The minimum absolute atomic E-state index is 0.0203. The molecule has 120 valence electrons. The van der Waals surface area contributed by atoms with E-state index in [4.69, 9.17) is 0 Å². The van der Waals surface area contributed by atoms with Crippen molar-refractivity contribution in [2.24, 2.45) is 5.10 Å². The molecule has 0 aliphatic rings. The van der Waals surface area contributed by atoms with E-state index < -0.39 is 18.4 Å². The van der Waals surface area contributed by atoms with E-state index in [2.05, 4.69) is 20.6 Å². The normalized spacial score (nSPS) is 11.5. The molecule has 0 saturated carbocycles. The highest BCUT2D eigenvalue weighted by Gasteiger charge is 2.13. The van der Waals surface area contributed by atoms with Gasteiger partial charge in [0.25, 0.3) is 0 Å². The molecule has 0 fully saturated rings. The first kappa shape index (κ1) is 17.5. The van der Waals surface area contributed by atoms with Crippen molar-refractivity contribution in [3.8, 4) is 5.75 Å². The zero-order valence-electron chi connectivity index (χ0n) is 12.4. The summed E-state index contributed by atoms with van der Waals surface area (Å²) < 4.78 is 28.3. The van der Waals surface area contributed by atoms with E-state index in [1.807, 2.05) is 0 Å². The highest BCUT2D eigenvalue weighted by atomic mass is 19.3. The molecule has 0 aromatic heterocycles. The Bertz CT molecular complexity index is 557. The van der Waals surface area contributed by atoms with Gasteiger partial charge in [-0.2, -0.15) is 13.9 Å².